The van der Waals surface area contributed by atoms with Gasteiger partial charge in [-0.25, -0.2) is 0 Å². The maximum absolute atomic E-state index is 5.04. The highest BCUT2D eigenvalue weighted by molar-refractivity contribution is 7.99. The normalized spacial score (nSPS) is 19.4. The highest BCUT2D eigenvalue weighted by Gasteiger charge is 2.20. The molecule has 2 rings (SSSR count). The summed E-state index contributed by atoms with van der Waals surface area (Å²) in [7, 11) is 1.73. The van der Waals surface area contributed by atoms with Gasteiger partial charge in [0.2, 0.25) is 0 Å². The van der Waals surface area contributed by atoms with Crippen LogP contribution in [0.4, 0.5) is 5.69 Å². The molecule has 1 saturated heterocycles. The number of hydrogen-bond donors (Lipinski definition) is 1. The lowest BCUT2D eigenvalue weighted by molar-refractivity contribution is 0.199. The average Bonchev–Trinajstić information content (AvgIpc) is 2.45. The Morgan fingerprint density at radius 2 is 2.30 bits per heavy atom. The molecule has 1 atom stereocenters. The van der Waals surface area contributed by atoms with Crippen LogP contribution < -0.4 is 10.2 Å². The summed E-state index contributed by atoms with van der Waals surface area (Å²) in [6.45, 7) is 8.29. The van der Waals surface area contributed by atoms with Crippen molar-refractivity contribution in [3.63, 3.8) is 0 Å². The quantitative estimate of drug-likeness (QED) is 0.815. The zero-order valence-electron chi connectivity index (χ0n) is 12.8. The highest BCUT2D eigenvalue weighted by Crippen LogP contribution is 2.27. The molecule has 0 amide bonds. The second-order valence-corrected chi connectivity index (χ2v) is 6.56. The largest absolute Gasteiger partial charge is 0.383 e. The summed E-state index contributed by atoms with van der Waals surface area (Å²) in [6.07, 6.45) is 0. The molecule has 1 aliphatic rings. The Morgan fingerprint density at radius 3 is 3.00 bits per heavy atom. The highest BCUT2D eigenvalue weighted by atomic mass is 32.2. The molecule has 1 unspecified atom stereocenters. The van der Waals surface area contributed by atoms with Gasteiger partial charge >= 0.3 is 0 Å². The lowest BCUT2D eigenvalue weighted by Crippen LogP contribution is -2.40. The van der Waals surface area contributed by atoms with Crippen LogP contribution in [0.2, 0.25) is 0 Å². The Morgan fingerprint density at radius 1 is 1.45 bits per heavy atom. The third-order valence-corrected chi connectivity index (χ3v) is 4.94. The van der Waals surface area contributed by atoms with Crippen molar-refractivity contribution >= 4 is 17.4 Å². The molecular weight excluding hydrogens is 268 g/mol. The van der Waals surface area contributed by atoms with Crippen LogP contribution in [0.3, 0.4) is 0 Å². The third-order valence-electron chi connectivity index (χ3n) is 3.75. The molecule has 1 aromatic rings. The minimum Gasteiger partial charge on any atom is -0.383 e. The second-order valence-electron chi connectivity index (χ2n) is 5.41. The summed E-state index contributed by atoms with van der Waals surface area (Å²) in [5.41, 5.74) is 4.13. The number of nitrogens with zero attached hydrogens (tertiary/aromatic N) is 1. The van der Waals surface area contributed by atoms with Gasteiger partial charge in [-0.1, -0.05) is 12.1 Å². The van der Waals surface area contributed by atoms with Gasteiger partial charge in [-0.15, -0.1) is 0 Å². The predicted molar refractivity (Wildman–Crippen MR) is 88.9 cm³/mol. The first-order chi connectivity index (χ1) is 9.72. The van der Waals surface area contributed by atoms with Gasteiger partial charge < -0.3 is 15.0 Å². The number of methoxy groups -OCH3 is 1. The molecule has 1 fully saturated rings. The minimum atomic E-state index is 0.637. The van der Waals surface area contributed by atoms with Crippen LogP contribution in [0, 0.1) is 6.92 Å². The first kappa shape index (κ1) is 15.7. The van der Waals surface area contributed by atoms with E-state index in [0.717, 1.165) is 26.2 Å². The van der Waals surface area contributed by atoms with Crippen molar-refractivity contribution in [2.24, 2.45) is 0 Å². The van der Waals surface area contributed by atoms with Gasteiger partial charge in [0.05, 0.1) is 6.61 Å². The molecule has 20 heavy (non-hydrogen) atoms. The zero-order valence-corrected chi connectivity index (χ0v) is 13.6. The van der Waals surface area contributed by atoms with Crippen molar-refractivity contribution in [3.8, 4) is 0 Å². The van der Waals surface area contributed by atoms with E-state index in [1.54, 1.807) is 7.11 Å². The lowest BCUT2D eigenvalue weighted by atomic mass is 10.1. The summed E-state index contributed by atoms with van der Waals surface area (Å²) in [5.74, 6) is 2.48. The molecule has 4 heteroatoms. The first-order valence-corrected chi connectivity index (χ1v) is 8.51. The van der Waals surface area contributed by atoms with Gasteiger partial charge in [-0.05, 0) is 31.0 Å². The van der Waals surface area contributed by atoms with Crippen molar-refractivity contribution in [3.05, 3.63) is 29.3 Å². The monoisotopic (exact) mass is 294 g/mol. The Balaban J connectivity index is 1.98. The number of thioether (sulfide) groups is 1. The molecule has 0 spiro atoms. The van der Waals surface area contributed by atoms with Crippen molar-refractivity contribution in [2.45, 2.75) is 26.4 Å². The van der Waals surface area contributed by atoms with E-state index in [0.29, 0.717) is 6.04 Å². The fourth-order valence-corrected chi connectivity index (χ4v) is 3.66. The van der Waals surface area contributed by atoms with E-state index in [-0.39, 0.29) is 0 Å². The molecule has 0 aromatic heterocycles. The fourth-order valence-electron chi connectivity index (χ4n) is 2.64. The fraction of sp³-hybridized carbons (Fsp3) is 0.625. The van der Waals surface area contributed by atoms with E-state index in [9.17, 15) is 0 Å². The molecule has 0 radical (unpaired) electrons. The molecule has 1 aliphatic heterocycles. The molecule has 1 heterocycles. The Labute approximate surface area is 127 Å². The van der Waals surface area contributed by atoms with Gasteiger partial charge in [0.1, 0.15) is 0 Å². The van der Waals surface area contributed by atoms with Crippen LogP contribution in [0.25, 0.3) is 0 Å². The van der Waals surface area contributed by atoms with E-state index in [1.165, 1.54) is 28.3 Å². The first-order valence-electron chi connectivity index (χ1n) is 7.36. The molecule has 112 valence electrons. The van der Waals surface area contributed by atoms with Crippen LogP contribution in [0.1, 0.15) is 18.1 Å². The maximum atomic E-state index is 5.04. The summed E-state index contributed by atoms with van der Waals surface area (Å²) in [5, 5.41) is 3.40. The standard InChI is InChI=1S/C16H26N2OS/c1-13-10-15(11-17-6-8-19-3)4-5-16(13)18-7-9-20-12-14(18)2/h4-5,10,14,17H,6-9,11-12H2,1-3H3. The number of aryl methyl sites for hydroxylation is 1. The van der Waals surface area contributed by atoms with Crippen LogP contribution in [0.15, 0.2) is 18.2 Å². The maximum Gasteiger partial charge on any atom is 0.0587 e. The molecule has 0 bridgehead atoms. The van der Waals surface area contributed by atoms with E-state index < -0.39 is 0 Å². The smallest absolute Gasteiger partial charge is 0.0587 e. The molecule has 3 nitrogen and oxygen atoms in total. The van der Waals surface area contributed by atoms with Gasteiger partial charge in [-0.2, -0.15) is 11.8 Å². The minimum absolute atomic E-state index is 0.637. The van der Waals surface area contributed by atoms with Crippen molar-refractivity contribution in [1.29, 1.82) is 0 Å². The molecule has 1 N–H and O–H groups in total. The van der Waals surface area contributed by atoms with Gasteiger partial charge in [0.15, 0.2) is 0 Å². The lowest BCUT2D eigenvalue weighted by Gasteiger charge is -2.36. The average molecular weight is 294 g/mol. The van der Waals surface area contributed by atoms with Crippen LogP contribution >= 0.6 is 11.8 Å². The molecule has 1 aromatic carbocycles. The van der Waals surface area contributed by atoms with Crippen LogP contribution in [-0.2, 0) is 11.3 Å². The molecule has 0 aliphatic carbocycles. The van der Waals surface area contributed by atoms with Crippen LogP contribution in [0.5, 0.6) is 0 Å². The Kier molecular flexibility index (Phi) is 6.20. The predicted octanol–water partition coefficient (Wildman–Crippen LogP) is 2.67. The van der Waals surface area contributed by atoms with E-state index in [4.69, 9.17) is 4.74 Å². The number of rotatable bonds is 6. The Hall–Kier alpha value is -0.710. The number of hydrogen-bond acceptors (Lipinski definition) is 4. The molecule has 0 saturated carbocycles. The SMILES string of the molecule is COCCNCc1ccc(N2CCSCC2C)c(C)c1. The molecular formula is C16H26N2OS. The number of nitrogens with one attached hydrogen (secondary N) is 1. The summed E-state index contributed by atoms with van der Waals surface area (Å²) in [6, 6.07) is 7.48. The summed E-state index contributed by atoms with van der Waals surface area (Å²) < 4.78 is 5.04. The van der Waals surface area contributed by atoms with E-state index in [1.807, 2.05) is 0 Å². The van der Waals surface area contributed by atoms with Gasteiger partial charge in [0, 0.05) is 50.0 Å². The van der Waals surface area contributed by atoms with Gasteiger partial charge in [0.25, 0.3) is 0 Å². The van der Waals surface area contributed by atoms with Gasteiger partial charge in [-0.3, -0.25) is 0 Å². The number of anilines is 1. The van der Waals surface area contributed by atoms with E-state index in [2.05, 4.69) is 54.0 Å². The third kappa shape index (κ3) is 4.14. The van der Waals surface area contributed by atoms with E-state index >= 15 is 0 Å². The topological polar surface area (TPSA) is 24.5 Å². The second kappa shape index (κ2) is 7.91. The zero-order chi connectivity index (χ0) is 14.4. The summed E-state index contributed by atoms with van der Waals surface area (Å²) in [4.78, 5) is 2.55. The van der Waals surface area contributed by atoms with Crippen molar-refractivity contribution in [2.75, 3.05) is 43.2 Å². The summed E-state index contributed by atoms with van der Waals surface area (Å²) >= 11 is 2.06. The van der Waals surface area contributed by atoms with Crippen LogP contribution in [-0.4, -0.2) is 44.4 Å². The Bertz CT molecular complexity index is 425. The number of ether oxygens (including phenoxy) is 1. The van der Waals surface area contributed by atoms with Crippen molar-refractivity contribution < 1.29 is 4.74 Å². The number of benzene rings is 1. The van der Waals surface area contributed by atoms with Crippen molar-refractivity contribution in [1.82, 2.24) is 5.32 Å².